The second kappa shape index (κ2) is 12.7. The Morgan fingerprint density at radius 3 is 1.75 bits per heavy atom. The molecule has 1 aliphatic rings. The van der Waals surface area contributed by atoms with Crippen molar-refractivity contribution in [2.24, 2.45) is 0 Å². The number of rotatable bonds is 2. The van der Waals surface area contributed by atoms with Crippen molar-refractivity contribution in [2.75, 3.05) is 0 Å². The molecule has 0 bridgehead atoms. The van der Waals surface area contributed by atoms with Crippen LogP contribution >= 0.6 is 0 Å². The van der Waals surface area contributed by atoms with Crippen molar-refractivity contribution in [1.29, 1.82) is 0 Å². The molecule has 0 fully saturated rings. The molecule has 0 heterocycles. The topological polar surface area (TPSA) is 0 Å². The second-order valence-electron chi connectivity index (χ2n) is 7.32. The molecule has 0 spiro atoms. The van der Waals surface area contributed by atoms with Gasteiger partial charge in [0.2, 0.25) is 0 Å². The Morgan fingerprint density at radius 1 is 0.594 bits per heavy atom. The van der Waals surface area contributed by atoms with Gasteiger partial charge in [-0.15, -0.1) is 47.4 Å². The van der Waals surface area contributed by atoms with Crippen LogP contribution < -0.4 is 0 Å². The third-order valence-corrected chi connectivity index (χ3v) is 5.10. The van der Waals surface area contributed by atoms with Crippen LogP contribution in [-0.2, 0) is 32.6 Å². The third-order valence-electron chi connectivity index (χ3n) is 5.10. The van der Waals surface area contributed by atoms with Crippen LogP contribution in [0.2, 0.25) is 0 Å². The quantitative estimate of drug-likeness (QED) is 0.219. The minimum absolute atomic E-state index is 0. The fraction of sp³-hybridized carbons (Fsp3) is 0.0323. The monoisotopic (exact) mass is 487 g/mol. The molecular weight excluding hydrogens is 464 g/mol. The maximum Gasteiger partial charge on any atom is 3.00 e. The second-order valence-corrected chi connectivity index (χ2v) is 7.32. The average Bonchev–Trinajstić information content (AvgIpc) is 3.53. The number of hydrogen-bond donors (Lipinski definition) is 0. The van der Waals surface area contributed by atoms with Crippen LogP contribution in [0.15, 0.2) is 133 Å². The predicted molar refractivity (Wildman–Crippen MR) is 131 cm³/mol. The van der Waals surface area contributed by atoms with Gasteiger partial charge in [0.25, 0.3) is 0 Å². The molecule has 0 saturated carbocycles. The van der Waals surface area contributed by atoms with E-state index in [0.29, 0.717) is 0 Å². The van der Waals surface area contributed by atoms with Gasteiger partial charge in [-0.2, -0.15) is 48.0 Å². The molecule has 0 aromatic heterocycles. The van der Waals surface area contributed by atoms with E-state index in [1.165, 1.54) is 33.4 Å². The normalized spacial score (nSPS) is 10.1. The molecule has 32 heavy (non-hydrogen) atoms. The van der Waals surface area contributed by atoms with E-state index in [-0.39, 0.29) is 26.2 Å². The minimum Gasteiger partial charge on any atom is -0.214 e. The van der Waals surface area contributed by atoms with E-state index in [4.69, 9.17) is 0 Å². The van der Waals surface area contributed by atoms with Gasteiger partial charge in [-0.3, -0.25) is 0 Å². The smallest absolute Gasteiger partial charge is 0.214 e. The fourth-order valence-corrected chi connectivity index (χ4v) is 3.61. The predicted octanol–water partition coefficient (Wildman–Crippen LogP) is 7.75. The van der Waals surface area contributed by atoms with Crippen molar-refractivity contribution in [3.63, 3.8) is 0 Å². The first-order valence-electron chi connectivity index (χ1n) is 10.6. The maximum absolute atomic E-state index is 3.30. The molecule has 0 atom stereocenters. The Hall–Kier alpha value is -3.02. The molecule has 0 N–H and O–H groups in total. The van der Waals surface area contributed by atoms with Gasteiger partial charge in [0, 0.05) is 0 Å². The summed E-state index contributed by atoms with van der Waals surface area (Å²) in [6.45, 7) is 0. The molecule has 6 rings (SSSR count). The number of hydrogen-bond acceptors (Lipinski definition) is 0. The van der Waals surface area contributed by atoms with E-state index in [9.17, 15) is 0 Å². The van der Waals surface area contributed by atoms with Crippen molar-refractivity contribution < 1.29 is 26.2 Å². The van der Waals surface area contributed by atoms with E-state index < -0.39 is 0 Å². The Morgan fingerprint density at radius 2 is 1.16 bits per heavy atom. The summed E-state index contributed by atoms with van der Waals surface area (Å²) in [5, 5.41) is 0. The first kappa shape index (κ1) is 23.6. The standard InChI is InChI=1S/C13H9.C13H11.C5H5.Zr/c1-3-7-12-10(5-1)9-11-6-2-4-8-13(11)12;1-3-7-12(8-4-1)11-13-9-5-2-6-10-13;1-2-4-5-3-1;/h1-5,7-8H,9H2;1-11H;1-5H;/q3*-1;+3. The van der Waals surface area contributed by atoms with Crippen LogP contribution in [0.4, 0.5) is 0 Å². The molecule has 0 saturated heterocycles. The van der Waals surface area contributed by atoms with Gasteiger partial charge in [0.1, 0.15) is 0 Å². The van der Waals surface area contributed by atoms with Crippen molar-refractivity contribution in [1.82, 2.24) is 0 Å². The number of benzene rings is 4. The summed E-state index contributed by atoms with van der Waals surface area (Å²) in [7, 11) is 0. The van der Waals surface area contributed by atoms with Crippen LogP contribution in [0.5, 0.6) is 0 Å². The van der Waals surface area contributed by atoms with Crippen LogP contribution in [0.1, 0.15) is 22.3 Å². The SMILES string of the molecule is [Zr+3].[c-]1cccc2c1Cc1ccccc1-2.c1cc[cH-]c1.c1ccc([CH-]c2ccccc2)cc1. The minimum atomic E-state index is 0. The zero-order valence-corrected chi connectivity index (χ0v) is 20.4. The summed E-state index contributed by atoms with van der Waals surface area (Å²) in [6, 6.07) is 48.8. The zero-order chi connectivity index (χ0) is 21.1. The Labute approximate surface area is 211 Å². The molecule has 5 aromatic rings. The van der Waals surface area contributed by atoms with Crippen LogP contribution in [0.25, 0.3) is 11.1 Å². The van der Waals surface area contributed by atoms with Gasteiger partial charge in [-0.1, -0.05) is 71.8 Å². The van der Waals surface area contributed by atoms with Gasteiger partial charge >= 0.3 is 26.2 Å². The third kappa shape index (κ3) is 6.74. The molecule has 0 aliphatic heterocycles. The fourth-order valence-electron chi connectivity index (χ4n) is 3.61. The van der Waals surface area contributed by atoms with Crippen LogP contribution in [0.3, 0.4) is 0 Å². The molecule has 0 unspecified atom stereocenters. The largest absolute Gasteiger partial charge is 3.00 e. The molecular formula is C31H25Zr. The summed E-state index contributed by atoms with van der Waals surface area (Å²) in [6.07, 6.45) is 3.21. The van der Waals surface area contributed by atoms with Crippen LogP contribution in [-0.4, -0.2) is 0 Å². The number of fused-ring (bicyclic) bond motifs is 3. The Kier molecular flexibility index (Phi) is 9.42. The summed E-state index contributed by atoms with van der Waals surface area (Å²) >= 11 is 0. The van der Waals surface area contributed by atoms with Crippen molar-refractivity contribution in [3.8, 4) is 11.1 Å². The first-order valence-corrected chi connectivity index (χ1v) is 10.6. The van der Waals surface area contributed by atoms with Gasteiger partial charge in [-0.25, -0.2) is 12.1 Å². The van der Waals surface area contributed by atoms with Crippen molar-refractivity contribution >= 4 is 0 Å². The van der Waals surface area contributed by atoms with E-state index in [0.717, 1.165) is 6.42 Å². The Balaban J connectivity index is 0.000000145. The molecule has 1 aliphatic carbocycles. The van der Waals surface area contributed by atoms with E-state index >= 15 is 0 Å². The Bertz CT molecular complexity index is 1060. The van der Waals surface area contributed by atoms with E-state index in [1.54, 1.807) is 0 Å². The molecule has 1 radical (unpaired) electrons. The summed E-state index contributed by atoms with van der Waals surface area (Å²) in [5.41, 5.74) is 8.00. The molecule has 153 valence electrons. The van der Waals surface area contributed by atoms with Crippen molar-refractivity contribution in [2.45, 2.75) is 6.42 Å². The molecule has 0 amide bonds. The van der Waals surface area contributed by atoms with Gasteiger partial charge < -0.3 is 0 Å². The van der Waals surface area contributed by atoms with E-state index in [1.807, 2.05) is 48.5 Å². The molecule has 5 aromatic carbocycles. The maximum atomic E-state index is 3.30. The summed E-state index contributed by atoms with van der Waals surface area (Å²) < 4.78 is 0. The van der Waals surface area contributed by atoms with Gasteiger partial charge in [-0.05, 0) is 6.42 Å². The zero-order valence-electron chi connectivity index (χ0n) is 18.0. The van der Waals surface area contributed by atoms with Gasteiger partial charge in [0.05, 0.1) is 0 Å². The average molecular weight is 489 g/mol. The van der Waals surface area contributed by atoms with Crippen LogP contribution in [0, 0.1) is 12.5 Å². The van der Waals surface area contributed by atoms with Crippen molar-refractivity contribution in [3.05, 3.63) is 168 Å². The van der Waals surface area contributed by atoms with E-state index in [2.05, 4.69) is 97.4 Å². The first-order chi connectivity index (χ1) is 15.4. The molecule has 0 nitrogen and oxygen atoms in total. The summed E-state index contributed by atoms with van der Waals surface area (Å²) in [5.74, 6) is 0. The molecule has 1 heteroatoms. The summed E-state index contributed by atoms with van der Waals surface area (Å²) in [4.78, 5) is 0. The van der Waals surface area contributed by atoms with Gasteiger partial charge in [0.15, 0.2) is 0 Å².